The van der Waals surface area contributed by atoms with Crippen LogP contribution in [-0.2, 0) is 17.8 Å². The van der Waals surface area contributed by atoms with Crippen LogP contribution in [0.25, 0.3) is 0 Å². The first-order valence-corrected chi connectivity index (χ1v) is 10.4. The van der Waals surface area contributed by atoms with Gasteiger partial charge in [-0.2, -0.15) is 0 Å². The molecular formula is C24H31NO3. The topological polar surface area (TPSA) is 58.6 Å². The third-order valence-electron chi connectivity index (χ3n) is 5.49. The molecule has 3 rings (SSSR count). The van der Waals surface area contributed by atoms with Gasteiger partial charge in [0, 0.05) is 6.54 Å². The van der Waals surface area contributed by atoms with Crippen LogP contribution in [0.5, 0.6) is 5.75 Å². The van der Waals surface area contributed by atoms with E-state index in [4.69, 9.17) is 9.84 Å². The highest BCUT2D eigenvalue weighted by atomic mass is 16.5. The van der Waals surface area contributed by atoms with Gasteiger partial charge < -0.3 is 15.2 Å². The normalized spacial score (nSPS) is 14.7. The highest BCUT2D eigenvalue weighted by molar-refractivity contribution is 5.66. The molecule has 4 nitrogen and oxygen atoms in total. The zero-order chi connectivity index (χ0) is 19.6. The number of rotatable bonds is 10. The predicted octanol–water partition coefficient (Wildman–Crippen LogP) is 4.92. The Morgan fingerprint density at radius 1 is 0.929 bits per heavy atom. The molecule has 1 aliphatic rings. The molecule has 0 unspecified atom stereocenters. The summed E-state index contributed by atoms with van der Waals surface area (Å²) in [6, 6.07) is 17.1. The lowest BCUT2D eigenvalue weighted by molar-refractivity contribution is -0.136. The fourth-order valence-corrected chi connectivity index (χ4v) is 3.79. The molecule has 150 valence electrons. The number of carboxylic acids is 1. The van der Waals surface area contributed by atoms with Crippen molar-refractivity contribution in [3.05, 3.63) is 65.2 Å². The van der Waals surface area contributed by atoms with E-state index >= 15 is 0 Å². The molecule has 0 aromatic heterocycles. The molecule has 0 heterocycles. The molecule has 4 heteroatoms. The van der Waals surface area contributed by atoms with Crippen LogP contribution in [0.4, 0.5) is 0 Å². The van der Waals surface area contributed by atoms with Gasteiger partial charge in [0.1, 0.15) is 12.4 Å². The maximum absolute atomic E-state index is 10.5. The van der Waals surface area contributed by atoms with Crippen molar-refractivity contribution in [3.63, 3.8) is 0 Å². The zero-order valence-corrected chi connectivity index (χ0v) is 16.5. The van der Waals surface area contributed by atoms with Crippen molar-refractivity contribution in [2.45, 2.75) is 57.5 Å². The van der Waals surface area contributed by atoms with E-state index in [-0.39, 0.29) is 6.42 Å². The van der Waals surface area contributed by atoms with Crippen LogP contribution in [-0.4, -0.2) is 24.2 Å². The first-order chi connectivity index (χ1) is 13.7. The quantitative estimate of drug-likeness (QED) is 0.574. The van der Waals surface area contributed by atoms with Crippen molar-refractivity contribution in [2.75, 3.05) is 13.1 Å². The lowest BCUT2D eigenvalue weighted by Crippen LogP contribution is -2.20. The van der Waals surface area contributed by atoms with Crippen molar-refractivity contribution in [1.82, 2.24) is 5.32 Å². The Morgan fingerprint density at radius 2 is 1.61 bits per heavy atom. The summed E-state index contributed by atoms with van der Waals surface area (Å²) in [4.78, 5) is 10.5. The van der Waals surface area contributed by atoms with Crippen molar-refractivity contribution < 1.29 is 14.6 Å². The summed E-state index contributed by atoms with van der Waals surface area (Å²) in [5.41, 5.74) is 3.89. The summed E-state index contributed by atoms with van der Waals surface area (Å²) in [6.07, 6.45) is 7.82. The van der Waals surface area contributed by atoms with Crippen molar-refractivity contribution in [2.24, 2.45) is 0 Å². The molecule has 2 aromatic rings. The second kappa shape index (κ2) is 10.9. The lowest BCUT2D eigenvalue weighted by Gasteiger charge is -2.22. The van der Waals surface area contributed by atoms with E-state index in [1.807, 2.05) is 12.1 Å². The largest absolute Gasteiger partial charge is 0.489 e. The Bertz CT molecular complexity index is 719. The standard InChI is InChI=1S/C24H31NO3/c26-24(27)15-17-25-16-14-19-8-12-23(13-9-19)28-18-20-6-10-22(11-7-20)21-4-2-1-3-5-21/h6-13,21,25H,1-5,14-18H2,(H,26,27). The van der Waals surface area contributed by atoms with Gasteiger partial charge >= 0.3 is 5.97 Å². The molecule has 1 saturated carbocycles. The molecule has 2 aromatic carbocycles. The van der Waals surface area contributed by atoms with Gasteiger partial charge in [-0.25, -0.2) is 0 Å². The summed E-state index contributed by atoms with van der Waals surface area (Å²) >= 11 is 0. The average Bonchev–Trinajstić information content (AvgIpc) is 2.74. The third kappa shape index (κ3) is 6.68. The molecule has 1 fully saturated rings. The number of hydrogen-bond acceptors (Lipinski definition) is 3. The molecule has 0 aliphatic heterocycles. The number of ether oxygens (including phenoxy) is 1. The van der Waals surface area contributed by atoms with Crippen LogP contribution >= 0.6 is 0 Å². The molecule has 0 bridgehead atoms. The van der Waals surface area contributed by atoms with Crippen molar-refractivity contribution in [3.8, 4) is 5.75 Å². The summed E-state index contributed by atoms with van der Waals surface area (Å²) in [7, 11) is 0. The van der Waals surface area contributed by atoms with E-state index < -0.39 is 5.97 Å². The zero-order valence-electron chi connectivity index (χ0n) is 16.5. The number of benzene rings is 2. The van der Waals surface area contributed by atoms with E-state index in [2.05, 4.69) is 41.7 Å². The van der Waals surface area contributed by atoms with Crippen LogP contribution in [0.15, 0.2) is 48.5 Å². The molecule has 0 radical (unpaired) electrons. The van der Waals surface area contributed by atoms with E-state index in [1.165, 1.54) is 48.8 Å². The van der Waals surface area contributed by atoms with Gasteiger partial charge in [-0.05, 0) is 60.5 Å². The Morgan fingerprint density at radius 3 is 2.29 bits per heavy atom. The molecule has 0 atom stereocenters. The highest BCUT2D eigenvalue weighted by Crippen LogP contribution is 2.32. The minimum absolute atomic E-state index is 0.161. The summed E-state index contributed by atoms with van der Waals surface area (Å²) in [5.74, 6) is 0.853. The van der Waals surface area contributed by atoms with E-state index in [0.29, 0.717) is 13.2 Å². The SMILES string of the molecule is O=C(O)CCNCCc1ccc(OCc2ccc(C3CCCCC3)cc2)cc1. The summed E-state index contributed by atoms with van der Waals surface area (Å²) in [5, 5.41) is 11.8. The van der Waals surface area contributed by atoms with Gasteiger partial charge in [0.25, 0.3) is 0 Å². The molecule has 0 spiro atoms. The van der Waals surface area contributed by atoms with Gasteiger partial charge in [-0.15, -0.1) is 0 Å². The first-order valence-electron chi connectivity index (χ1n) is 10.4. The van der Waals surface area contributed by atoms with Gasteiger partial charge in [0.15, 0.2) is 0 Å². The fraction of sp³-hybridized carbons (Fsp3) is 0.458. The Kier molecular flexibility index (Phi) is 7.92. The molecule has 0 saturated heterocycles. The van der Waals surface area contributed by atoms with Crippen molar-refractivity contribution in [1.29, 1.82) is 0 Å². The number of hydrogen-bond donors (Lipinski definition) is 2. The second-order valence-corrected chi connectivity index (χ2v) is 7.65. The first kappa shape index (κ1) is 20.4. The Labute approximate surface area is 167 Å². The summed E-state index contributed by atoms with van der Waals surface area (Å²) < 4.78 is 5.92. The van der Waals surface area contributed by atoms with Crippen molar-refractivity contribution >= 4 is 5.97 Å². The van der Waals surface area contributed by atoms with Gasteiger partial charge in [-0.3, -0.25) is 4.79 Å². The Balaban J connectivity index is 1.40. The molecule has 28 heavy (non-hydrogen) atoms. The minimum atomic E-state index is -0.766. The third-order valence-corrected chi connectivity index (χ3v) is 5.49. The van der Waals surface area contributed by atoms with Crippen LogP contribution < -0.4 is 10.1 Å². The molecule has 2 N–H and O–H groups in total. The molecule has 0 amide bonds. The number of aliphatic carboxylic acids is 1. The number of carboxylic acid groups (broad SMARTS) is 1. The fourth-order valence-electron chi connectivity index (χ4n) is 3.79. The molecular weight excluding hydrogens is 350 g/mol. The van der Waals surface area contributed by atoms with E-state index in [0.717, 1.165) is 24.6 Å². The monoisotopic (exact) mass is 381 g/mol. The molecule has 1 aliphatic carbocycles. The van der Waals surface area contributed by atoms with Gasteiger partial charge in [0.05, 0.1) is 6.42 Å². The predicted molar refractivity (Wildman–Crippen MR) is 112 cm³/mol. The maximum Gasteiger partial charge on any atom is 0.304 e. The van der Waals surface area contributed by atoms with Crippen LogP contribution in [0.2, 0.25) is 0 Å². The van der Waals surface area contributed by atoms with Crippen LogP contribution in [0.1, 0.15) is 61.1 Å². The van der Waals surface area contributed by atoms with Crippen LogP contribution in [0.3, 0.4) is 0 Å². The van der Waals surface area contributed by atoms with E-state index in [1.54, 1.807) is 0 Å². The average molecular weight is 382 g/mol. The van der Waals surface area contributed by atoms with Gasteiger partial charge in [-0.1, -0.05) is 55.7 Å². The Hall–Kier alpha value is -2.33. The number of carbonyl (C=O) groups is 1. The second-order valence-electron chi connectivity index (χ2n) is 7.65. The smallest absolute Gasteiger partial charge is 0.304 e. The highest BCUT2D eigenvalue weighted by Gasteiger charge is 2.15. The van der Waals surface area contributed by atoms with Gasteiger partial charge in [0.2, 0.25) is 0 Å². The lowest BCUT2D eigenvalue weighted by atomic mass is 9.84. The summed E-state index contributed by atoms with van der Waals surface area (Å²) in [6.45, 7) is 1.87. The number of nitrogens with one attached hydrogen (secondary N) is 1. The van der Waals surface area contributed by atoms with E-state index in [9.17, 15) is 4.79 Å². The minimum Gasteiger partial charge on any atom is -0.489 e. The maximum atomic E-state index is 10.5. The van der Waals surface area contributed by atoms with Crippen LogP contribution in [0, 0.1) is 0 Å².